The van der Waals surface area contributed by atoms with Crippen LogP contribution in [0.15, 0.2) is 61.7 Å². The molecule has 0 spiro atoms. The highest BCUT2D eigenvalue weighted by atomic mass is 16.5. The van der Waals surface area contributed by atoms with Gasteiger partial charge in [-0.1, -0.05) is 37.8 Å². The van der Waals surface area contributed by atoms with Gasteiger partial charge in [-0.3, -0.25) is 4.90 Å². The van der Waals surface area contributed by atoms with Crippen molar-refractivity contribution in [2.45, 2.75) is 20.4 Å². The van der Waals surface area contributed by atoms with Gasteiger partial charge in [0.15, 0.2) is 0 Å². The van der Waals surface area contributed by atoms with Gasteiger partial charge >= 0.3 is 5.97 Å². The summed E-state index contributed by atoms with van der Waals surface area (Å²) in [6.07, 6.45) is 0. The summed E-state index contributed by atoms with van der Waals surface area (Å²) in [7, 11) is 0. The van der Waals surface area contributed by atoms with Crippen LogP contribution in [0.2, 0.25) is 0 Å². The Hall–Kier alpha value is -2.87. The minimum absolute atomic E-state index is 0.271. The summed E-state index contributed by atoms with van der Waals surface area (Å²) >= 11 is 0. The number of ether oxygens (including phenoxy) is 1. The van der Waals surface area contributed by atoms with Crippen molar-refractivity contribution >= 4 is 5.97 Å². The first kappa shape index (κ1) is 23.2. The average Bonchev–Trinajstić information content (AvgIpc) is 2.77. The van der Waals surface area contributed by atoms with Crippen LogP contribution in [0.25, 0.3) is 0 Å². The van der Waals surface area contributed by atoms with E-state index in [0.29, 0.717) is 0 Å². The summed E-state index contributed by atoms with van der Waals surface area (Å²) in [5.74, 6) is 5.24. The Kier molecular flexibility index (Phi) is 11.0. The predicted molar refractivity (Wildman–Crippen MR) is 115 cm³/mol. The summed E-state index contributed by atoms with van der Waals surface area (Å²) in [5.41, 5.74) is 3.29. The summed E-state index contributed by atoms with van der Waals surface area (Å²) in [5, 5.41) is 8.88. The smallest absolute Gasteiger partial charge is 0.335 e. The van der Waals surface area contributed by atoms with E-state index in [2.05, 4.69) is 42.0 Å². The van der Waals surface area contributed by atoms with Crippen molar-refractivity contribution in [2.75, 3.05) is 26.3 Å². The number of aromatic carboxylic acids is 1. The lowest BCUT2D eigenvalue weighted by atomic mass is 10.1. The molecule has 4 heteroatoms. The van der Waals surface area contributed by atoms with Crippen LogP contribution >= 0.6 is 0 Å². The Labute approximate surface area is 168 Å². The largest absolute Gasteiger partial charge is 0.478 e. The molecule has 0 unspecified atom stereocenters. The number of nitrogens with zero attached hydrogens (tertiary/aromatic N) is 1. The molecule has 3 rings (SSSR count). The summed E-state index contributed by atoms with van der Waals surface area (Å²) < 4.78 is 5.36. The number of morpholine rings is 1. The number of carbonyl (C=O) groups is 1. The monoisotopic (exact) mass is 379 g/mol. The molecule has 1 N–H and O–H groups in total. The average molecular weight is 380 g/mol. The molecule has 1 aliphatic rings. The molecule has 0 saturated carbocycles. The van der Waals surface area contributed by atoms with Crippen molar-refractivity contribution in [3.05, 3.63) is 83.9 Å². The lowest BCUT2D eigenvalue weighted by Crippen LogP contribution is -2.35. The van der Waals surface area contributed by atoms with E-state index < -0.39 is 5.97 Å². The molecule has 1 saturated heterocycles. The fourth-order valence-corrected chi connectivity index (χ4v) is 2.55. The fraction of sp³-hybridized carbons (Fsp3) is 0.292. The van der Waals surface area contributed by atoms with Crippen LogP contribution in [0.4, 0.5) is 0 Å². The highest BCUT2D eigenvalue weighted by Gasteiger charge is 2.10. The molecule has 0 aliphatic carbocycles. The van der Waals surface area contributed by atoms with Crippen LogP contribution in [-0.4, -0.2) is 42.3 Å². The molecular formula is C24H29NO3. The Balaban J connectivity index is 0.000000921. The van der Waals surface area contributed by atoms with Crippen molar-refractivity contribution in [1.29, 1.82) is 0 Å². The van der Waals surface area contributed by atoms with Gasteiger partial charge < -0.3 is 9.84 Å². The molecule has 4 nitrogen and oxygen atoms in total. The van der Waals surface area contributed by atoms with Gasteiger partial charge in [0.05, 0.1) is 18.8 Å². The molecule has 148 valence electrons. The van der Waals surface area contributed by atoms with Crippen molar-refractivity contribution < 1.29 is 14.6 Å². The minimum Gasteiger partial charge on any atom is -0.478 e. The van der Waals surface area contributed by atoms with E-state index in [1.54, 1.807) is 24.3 Å². The molecule has 1 heterocycles. The Bertz CT molecular complexity index is 764. The van der Waals surface area contributed by atoms with Crippen molar-refractivity contribution in [2.24, 2.45) is 0 Å². The number of carboxylic acid groups (broad SMARTS) is 1. The van der Waals surface area contributed by atoms with Crippen LogP contribution in [0.3, 0.4) is 0 Å². The molecule has 1 fully saturated rings. The Morgan fingerprint density at radius 2 is 1.43 bits per heavy atom. The third-order valence-electron chi connectivity index (χ3n) is 3.95. The van der Waals surface area contributed by atoms with Crippen molar-refractivity contribution in [1.82, 2.24) is 4.90 Å². The Morgan fingerprint density at radius 3 is 1.89 bits per heavy atom. The zero-order valence-corrected chi connectivity index (χ0v) is 16.8. The van der Waals surface area contributed by atoms with Gasteiger partial charge in [0.1, 0.15) is 0 Å². The highest BCUT2D eigenvalue weighted by molar-refractivity contribution is 5.87. The SMILES string of the molecule is C=C.CC.O=C(O)c1ccc(C#Cc2ccc(CN3CCOCC3)cc2)cc1. The topological polar surface area (TPSA) is 49.8 Å². The fourth-order valence-electron chi connectivity index (χ4n) is 2.55. The third-order valence-corrected chi connectivity index (χ3v) is 3.95. The second-order valence-corrected chi connectivity index (χ2v) is 5.72. The van der Waals surface area contributed by atoms with E-state index in [-0.39, 0.29) is 5.56 Å². The van der Waals surface area contributed by atoms with Gasteiger partial charge in [0.2, 0.25) is 0 Å². The zero-order valence-electron chi connectivity index (χ0n) is 16.8. The predicted octanol–water partition coefficient (Wildman–Crippen LogP) is 4.45. The van der Waals surface area contributed by atoms with Crippen LogP contribution in [0.1, 0.15) is 40.9 Å². The minimum atomic E-state index is -0.926. The molecule has 0 radical (unpaired) electrons. The first-order valence-electron chi connectivity index (χ1n) is 9.45. The number of carboxylic acids is 1. The number of benzene rings is 2. The lowest BCUT2D eigenvalue weighted by molar-refractivity contribution is 0.0342. The van der Waals surface area contributed by atoms with Gasteiger partial charge in [0, 0.05) is 30.8 Å². The second kappa shape index (κ2) is 13.3. The van der Waals surface area contributed by atoms with Gasteiger partial charge in [0.25, 0.3) is 0 Å². The lowest BCUT2D eigenvalue weighted by Gasteiger charge is -2.26. The highest BCUT2D eigenvalue weighted by Crippen LogP contribution is 2.09. The van der Waals surface area contributed by atoms with E-state index >= 15 is 0 Å². The molecule has 28 heavy (non-hydrogen) atoms. The van der Waals surface area contributed by atoms with Crippen LogP contribution in [0, 0.1) is 11.8 Å². The van der Waals surface area contributed by atoms with Gasteiger partial charge in [-0.05, 0) is 42.0 Å². The molecule has 0 amide bonds. The molecule has 2 aromatic rings. The summed E-state index contributed by atoms with van der Waals surface area (Å²) in [4.78, 5) is 13.2. The second-order valence-electron chi connectivity index (χ2n) is 5.72. The van der Waals surface area contributed by atoms with Gasteiger partial charge in [-0.2, -0.15) is 0 Å². The molecule has 1 aliphatic heterocycles. The number of hydrogen-bond donors (Lipinski definition) is 1. The molecular weight excluding hydrogens is 350 g/mol. The van der Waals surface area contributed by atoms with E-state index in [1.807, 2.05) is 26.0 Å². The van der Waals surface area contributed by atoms with Gasteiger partial charge in [-0.25, -0.2) is 4.79 Å². The van der Waals surface area contributed by atoms with Crippen LogP contribution in [-0.2, 0) is 11.3 Å². The standard InChI is InChI=1S/C20H19NO3.C2H6.C2H4/c22-20(23)19-9-7-17(8-10-19)2-1-16-3-5-18(6-4-16)15-21-11-13-24-14-12-21;2*1-2/h3-10H,11-15H2,(H,22,23);1-2H3;1-2H2. The maximum atomic E-state index is 10.8. The zero-order chi connectivity index (χ0) is 20.8. The van der Waals surface area contributed by atoms with Gasteiger partial charge in [-0.15, -0.1) is 13.2 Å². The number of rotatable bonds is 3. The first-order chi connectivity index (χ1) is 13.7. The Morgan fingerprint density at radius 1 is 0.964 bits per heavy atom. The van der Waals surface area contributed by atoms with Crippen LogP contribution < -0.4 is 0 Å². The quantitative estimate of drug-likeness (QED) is 0.632. The third kappa shape index (κ3) is 7.79. The van der Waals surface area contributed by atoms with Crippen LogP contribution in [0.5, 0.6) is 0 Å². The normalized spacial score (nSPS) is 12.9. The van der Waals surface area contributed by atoms with E-state index in [1.165, 1.54) is 5.56 Å². The summed E-state index contributed by atoms with van der Waals surface area (Å²) in [6, 6.07) is 14.8. The summed E-state index contributed by atoms with van der Waals surface area (Å²) in [6.45, 7) is 14.5. The molecule has 2 aromatic carbocycles. The molecule has 0 aromatic heterocycles. The van der Waals surface area contributed by atoms with E-state index in [4.69, 9.17) is 9.84 Å². The van der Waals surface area contributed by atoms with E-state index in [0.717, 1.165) is 44.0 Å². The maximum Gasteiger partial charge on any atom is 0.335 e. The molecule has 0 bridgehead atoms. The number of hydrogen-bond acceptors (Lipinski definition) is 3. The molecule has 0 atom stereocenters. The maximum absolute atomic E-state index is 10.8. The van der Waals surface area contributed by atoms with Crippen molar-refractivity contribution in [3.63, 3.8) is 0 Å². The van der Waals surface area contributed by atoms with Crippen molar-refractivity contribution in [3.8, 4) is 11.8 Å². The van der Waals surface area contributed by atoms with E-state index in [9.17, 15) is 4.79 Å². The first-order valence-corrected chi connectivity index (χ1v) is 9.45.